The van der Waals surface area contributed by atoms with Crippen molar-refractivity contribution < 1.29 is 0 Å². The van der Waals surface area contributed by atoms with Crippen molar-refractivity contribution in [2.75, 3.05) is 0 Å². The van der Waals surface area contributed by atoms with E-state index >= 15 is 0 Å². The zero-order valence-electron chi connectivity index (χ0n) is 23.0. The molecule has 0 N–H and O–H groups in total. The molecule has 0 aliphatic heterocycles. The monoisotopic (exact) mass is 530 g/mol. The van der Waals surface area contributed by atoms with Crippen LogP contribution in [0.2, 0.25) is 0 Å². The minimum Gasteiger partial charge on any atom is -0.0622 e. The molecular weight excluding hydrogens is 504 g/mol. The summed E-state index contributed by atoms with van der Waals surface area (Å²) in [6, 6.07) is 58.1. The second-order valence-electron chi connectivity index (χ2n) is 11.3. The van der Waals surface area contributed by atoms with Gasteiger partial charge in [-0.15, -0.1) is 0 Å². The van der Waals surface area contributed by atoms with E-state index in [4.69, 9.17) is 0 Å². The van der Waals surface area contributed by atoms with Gasteiger partial charge >= 0.3 is 0 Å². The normalized spacial score (nSPS) is 11.8. The Hall–Kier alpha value is -5.46. The number of fused-ring (bicyclic) bond motifs is 11. The molecule has 0 saturated heterocycles. The van der Waals surface area contributed by atoms with Crippen LogP contribution >= 0.6 is 0 Å². The molecule has 0 heterocycles. The first-order valence-electron chi connectivity index (χ1n) is 14.6. The molecule has 194 valence electrons. The minimum atomic E-state index is 1.24. The van der Waals surface area contributed by atoms with Crippen LogP contribution in [0.5, 0.6) is 0 Å². The fourth-order valence-electron chi connectivity index (χ4n) is 6.94. The Labute approximate surface area is 244 Å². The van der Waals surface area contributed by atoms with Crippen molar-refractivity contribution in [1.29, 1.82) is 0 Å². The van der Waals surface area contributed by atoms with Crippen LogP contribution in [0.1, 0.15) is 0 Å². The summed E-state index contributed by atoms with van der Waals surface area (Å²) in [5.41, 5.74) is 4.98. The predicted octanol–water partition coefficient (Wildman–Crippen LogP) is 11.9. The van der Waals surface area contributed by atoms with Crippen molar-refractivity contribution in [2.45, 2.75) is 0 Å². The third-order valence-corrected chi connectivity index (χ3v) is 9.02. The van der Waals surface area contributed by atoms with E-state index in [1.54, 1.807) is 0 Å². The van der Waals surface area contributed by atoms with E-state index in [9.17, 15) is 0 Å². The SMILES string of the molecule is c1ccc(-c2ccc3ccc4c5cc(-c6ccc7c8ccccc8c8ccccc8c7c6)ccc5ccc4c3c2)cc1. The number of hydrogen-bond donors (Lipinski definition) is 0. The largest absolute Gasteiger partial charge is 0.0622 e. The zero-order valence-corrected chi connectivity index (χ0v) is 23.0. The van der Waals surface area contributed by atoms with Gasteiger partial charge in [-0.05, 0) is 105 Å². The van der Waals surface area contributed by atoms with E-state index in [0.717, 1.165) is 0 Å². The Morgan fingerprint density at radius 1 is 0.190 bits per heavy atom. The molecule has 0 aliphatic carbocycles. The summed E-state index contributed by atoms with van der Waals surface area (Å²) in [6.45, 7) is 0. The van der Waals surface area contributed by atoms with Gasteiger partial charge in [-0.2, -0.15) is 0 Å². The maximum Gasteiger partial charge on any atom is -0.00928 e. The Morgan fingerprint density at radius 2 is 0.524 bits per heavy atom. The van der Waals surface area contributed by atoms with Crippen LogP contribution in [-0.2, 0) is 0 Å². The van der Waals surface area contributed by atoms with Crippen LogP contribution in [0, 0.1) is 0 Å². The maximum atomic E-state index is 2.39. The highest BCUT2D eigenvalue weighted by molar-refractivity contribution is 6.26. The van der Waals surface area contributed by atoms with Crippen LogP contribution in [0.15, 0.2) is 158 Å². The molecule has 9 rings (SSSR count). The van der Waals surface area contributed by atoms with Gasteiger partial charge in [0, 0.05) is 0 Å². The van der Waals surface area contributed by atoms with Crippen LogP contribution < -0.4 is 0 Å². The Morgan fingerprint density at radius 3 is 1.07 bits per heavy atom. The highest BCUT2D eigenvalue weighted by atomic mass is 14.1. The third kappa shape index (κ3) is 3.49. The lowest BCUT2D eigenvalue weighted by Crippen LogP contribution is -1.86. The molecule has 0 spiro atoms. The first-order chi connectivity index (χ1) is 20.8. The molecular formula is C42H26. The van der Waals surface area contributed by atoms with Gasteiger partial charge in [0.2, 0.25) is 0 Å². The molecule has 0 bridgehead atoms. The van der Waals surface area contributed by atoms with E-state index in [2.05, 4.69) is 158 Å². The van der Waals surface area contributed by atoms with E-state index in [1.165, 1.54) is 86.9 Å². The molecule has 0 aliphatic rings. The fourth-order valence-corrected chi connectivity index (χ4v) is 6.94. The van der Waals surface area contributed by atoms with Crippen LogP contribution in [0.25, 0.3) is 86.9 Å². The zero-order chi connectivity index (χ0) is 27.6. The van der Waals surface area contributed by atoms with Crippen molar-refractivity contribution in [3.05, 3.63) is 158 Å². The topological polar surface area (TPSA) is 0 Å². The lowest BCUT2D eigenvalue weighted by atomic mass is 9.90. The summed E-state index contributed by atoms with van der Waals surface area (Å²) in [4.78, 5) is 0. The van der Waals surface area contributed by atoms with Crippen molar-refractivity contribution >= 4 is 64.6 Å². The smallest absolute Gasteiger partial charge is 0.00928 e. The minimum absolute atomic E-state index is 1.24. The predicted molar refractivity (Wildman–Crippen MR) is 182 cm³/mol. The average Bonchev–Trinajstić information content (AvgIpc) is 3.08. The number of rotatable bonds is 2. The first-order valence-corrected chi connectivity index (χ1v) is 14.6. The van der Waals surface area contributed by atoms with E-state index in [1.807, 2.05) is 0 Å². The van der Waals surface area contributed by atoms with Gasteiger partial charge in [-0.1, -0.05) is 140 Å². The summed E-state index contributed by atoms with van der Waals surface area (Å²) in [7, 11) is 0. The van der Waals surface area contributed by atoms with E-state index < -0.39 is 0 Å². The quantitative estimate of drug-likeness (QED) is 0.195. The summed E-state index contributed by atoms with van der Waals surface area (Å²) >= 11 is 0. The number of hydrogen-bond acceptors (Lipinski definition) is 0. The molecule has 9 aromatic rings. The molecule has 9 aromatic carbocycles. The second kappa shape index (κ2) is 9.03. The van der Waals surface area contributed by atoms with Gasteiger partial charge in [-0.3, -0.25) is 0 Å². The molecule has 0 nitrogen and oxygen atoms in total. The molecule has 0 atom stereocenters. The van der Waals surface area contributed by atoms with Crippen molar-refractivity contribution in [2.24, 2.45) is 0 Å². The van der Waals surface area contributed by atoms with E-state index in [-0.39, 0.29) is 0 Å². The van der Waals surface area contributed by atoms with E-state index in [0.29, 0.717) is 0 Å². The summed E-state index contributed by atoms with van der Waals surface area (Å²) in [5, 5.41) is 15.6. The molecule has 0 aromatic heterocycles. The standard InChI is InChI=1S/C42H26/c1-2-8-27(9-3-1)30-16-14-28-18-22-38-37(40(28)24-30)21-19-29-15-17-31(25-41(29)38)32-20-23-39-35-12-5-4-10-33(35)34-11-6-7-13-36(34)42(39)26-32/h1-26H. The summed E-state index contributed by atoms with van der Waals surface area (Å²) < 4.78 is 0. The Balaban J connectivity index is 1.27. The average molecular weight is 531 g/mol. The molecule has 0 radical (unpaired) electrons. The lowest BCUT2D eigenvalue weighted by Gasteiger charge is -2.13. The first kappa shape index (κ1) is 23.3. The van der Waals surface area contributed by atoms with Crippen LogP contribution in [0.3, 0.4) is 0 Å². The van der Waals surface area contributed by atoms with Crippen molar-refractivity contribution in [3.63, 3.8) is 0 Å². The summed E-state index contributed by atoms with van der Waals surface area (Å²) in [5.74, 6) is 0. The lowest BCUT2D eigenvalue weighted by molar-refractivity contribution is 1.65. The van der Waals surface area contributed by atoms with Crippen LogP contribution in [-0.4, -0.2) is 0 Å². The molecule has 0 fully saturated rings. The molecule has 0 unspecified atom stereocenters. The van der Waals surface area contributed by atoms with Gasteiger partial charge in [0.15, 0.2) is 0 Å². The maximum absolute atomic E-state index is 2.39. The molecule has 0 saturated carbocycles. The number of benzene rings is 9. The van der Waals surface area contributed by atoms with Crippen LogP contribution in [0.4, 0.5) is 0 Å². The Kier molecular flexibility index (Phi) is 5.00. The highest BCUT2D eigenvalue weighted by Gasteiger charge is 2.11. The van der Waals surface area contributed by atoms with Gasteiger partial charge in [0.25, 0.3) is 0 Å². The van der Waals surface area contributed by atoms with Crippen molar-refractivity contribution in [3.8, 4) is 22.3 Å². The molecule has 0 amide bonds. The van der Waals surface area contributed by atoms with Crippen molar-refractivity contribution in [1.82, 2.24) is 0 Å². The Bertz CT molecular complexity index is 2470. The summed E-state index contributed by atoms with van der Waals surface area (Å²) in [6.07, 6.45) is 0. The van der Waals surface area contributed by atoms with Gasteiger partial charge in [-0.25, -0.2) is 0 Å². The fraction of sp³-hybridized carbons (Fsp3) is 0. The molecule has 42 heavy (non-hydrogen) atoms. The second-order valence-corrected chi connectivity index (χ2v) is 11.3. The third-order valence-electron chi connectivity index (χ3n) is 9.02. The van der Waals surface area contributed by atoms with Gasteiger partial charge < -0.3 is 0 Å². The van der Waals surface area contributed by atoms with Gasteiger partial charge in [0.1, 0.15) is 0 Å². The highest BCUT2D eigenvalue weighted by Crippen LogP contribution is 2.39. The van der Waals surface area contributed by atoms with Gasteiger partial charge in [0.05, 0.1) is 0 Å². The molecule has 0 heteroatoms.